The van der Waals surface area contributed by atoms with E-state index in [-0.39, 0.29) is 0 Å². The molecule has 150 valence electrons. The zero-order chi connectivity index (χ0) is 19.8. The predicted octanol–water partition coefficient (Wildman–Crippen LogP) is 3.85. The van der Waals surface area contributed by atoms with Crippen LogP contribution in [0, 0.1) is 0 Å². The molecule has 1 saturated heterocycles. The minimum Gasteiger partial charge on any atom is -0.496 e. The highest BCUT2D eigenvalue weighted by atomic mass is 16.5. The molecule has 0 radical (unpaired) electrons. The molecule has 1 aliphatic heterocycles. The van der Waals surface area contributed by atoms with Crippen molar-refractivity contribution in [3.63, 3.8) is 0 Å². The number of hydrogen-bond acceptors (Lipinski definition) is 6. The van der Waals surface area contributed by atoms with Gasteiger partial charge in [0.25, 0.3) is 0 Å². The summed E-state index contributed by atoms with van der Waals surface area (Å²) in [5.41, 5.74) is 2.13. The van der Waals surface area contributed by atoms with Crippen LogP contribution < -0.4 is 19.3 Å². The summed E-state index contributed by atoms with van der Waals surface area (Å²) < 4.78 is 11.2. The largest absolute Gasteiger partial charge is 0.496 e. The molecule has 0 atom stereocenters. The van der Waals surface area contributed by atoms with E-state index in [0.29, 0.717) is 5.92 Å². The van der Waals surface area contributed by atoms with Gasteiger partial charge in [-0.2, -0.15) is 0 Å². The molecule has 2 aromatic carbocycles. The maximum atomic E-state index is 5.66. The van der Waals surface area contributed by atoms with E-state index in [1.54, 1.807) is 14.2 Å². The first-order valence-corrected chi connectivity index (χ1v) is 10.3. The minimum atomic E-state index is 0.513. The molecule has 1 aromatic heterocycles. The third-order valence-corrected chi connectivity index (χ3v) is 5.85. The van der Waals surface area contributed by atoms with Crippen molar-refractivity contribution in [2.24, 2.45) is 0 Å². The van der Waals surface area contributed by atoms with Crippen LogP contribution in [0.3, 0.4) is 0 Å². The van der Waals surface area contributed by atoms with Gasteiger partial charge in [0.15, 0.2) is 0 Å². The summed E-state index contributed by atoms with van der Waals surface area (Å²) in [4.78, 5) is 14.6. The van der Waals surface area contributed by atoms with E-state index in [0.717, 1.165) is 65.9 Å². The van der Waals surface area contributed by atoms with Gasteiger partial charge in [0, 0.05) is 32.1 Å². The van der Waals surface area contributed by atoms with E-state index in [1.807, 2.05) is 24.3 Å². The van der Waals surface area contributed by atoms with Crippen LogP contribution in [0.1, 0.15) is 24.6 Å². The fourth-order valence-corrected chi connectivity index (χ4v) is 4.12. The molecule has 2 heterocycles. The Labute approximate surface area is 171 Å². The van der Waals surface area contributed by atoms with Crippen LogP contribution in [0.25, 0.3) is 10.9 Å². The number of methoxy groups -OCH3 is 2. The van der Waals surface area contributed by atoms with E-state index in [4.69, 9.17) is 19.4 Å². The highest BCUT2D eigenvalue weighted by Crippen LogP contribution is 2.41. The number of rotatable bonds is 5. The Morgan fingerprint density at radius 2 is 1.48 bits per heavy atom. The third kappa shape index (κ3) is 3.33. The highest BCUT2D eigenvalue weighted by Gasteiger charge is 2.30. The Bertz CT molecular complexity index is 1030. The Morgan fingerprint density at radius 3 is 2.21 bits per heavy atom. The van der Waals surface area contributed by atoms with Crippen LogP contribution in [0.5, 0.6) is 11.5 Å². The lowest BCUT2D eigenvalue weighted by molar-refractivity contribution is 0.413. The zero-order valence-electron chi connectivity index (χ0n) is 17.0. The third-order valence-electron chi connectivity index (χ3n) is 5.85. The van der Waals surface area contributed by atoms with Crippen LogP contribution >= 0.6 is 0 Å². The number of fused-ring (bicyclic) bond motifs is 1. The summed E-state index contributed by atoms with van der Waals surface area (Å²) in [7, 11) is 3.45. The summed E-state index contributed by atoms with van der Waals surface area (Å²) in [6, 6.07) is 14.3. The van der Waals surface area contributed by atoms with Crippen molar-refractivity contribution in [2.45, 2.75) is 18.8 Å². The average Bonchev–Trinajstić information content (AvgIpc) is 3.63. The molecule has 6 heteroatoms. The number of benzene rings is 2. The second-order valence-electron chi connectivity index (χ2n) is 7.68. The van der Waals surface area contributed by atoms with Gasteiger partial charge in [0.2, 0.25) is 0 Å². The molecule has 1 saturated carbocycles. The summed E-state index contributed by atoms with van der Waals surface area (Å²) in [5, 5.41) is 1.02. The molecule has 1 aliphatic carbocycles. The first-order chi connectivity index (χ1) is 14.3. The van der Waals surface area contributed by atoms with Gasteiger partial charge in [-0.3, -0.25) is 0 Å². The maximum Gasteiger partial charge on any atom is 0.144 e. The van der Waals surface area contributed by atoms with Gasteiger partial charge in [-0.05, 0) is 37.1 Å². The lowest BCUT2D eigenvalue weighted by Gasteiger charge is -2.37. The van der Waals surface area contributed by atoms with Crippen LogP contribution in [0.2, 0.25) is 0 Å². The van der Waals surface area contributed by atoms with E-state index in [2.05, 4.69) is 28.0 Å². The Balaban J connectivity index is 1.47. The number of ether oxygens (including phenoxy) is 2. The van der Waals surface area contributed by atoms with Crippen molar-refractivity contribution in [1.82, 2.24) is 9.97 Å². The standard InChI is InChI=1S/C23H26N4O2/c1-28-19-8-4-3-7-18(19)26-12-14-27(15-13-26)23-21-17(6-5-9-20(21)29-2)24-22(25-23)16-10-11-16/h3-9,16H,10-15H2,1-2H3. The summed E-state index contributed by atoms with van der Waals surface area (Å²) >= 11 is 0. The van der Waals surface area contributed by atoms with Crippen LogP contribution in [0.15, 0.2) is 42.5 Å². The number of anilines is 2. The van der Waals surface area contributed by atoms with Crippen molar-refractivity contribution in [1.29, 1.82) is 0 Å². The van der Waals surface area contributed by atoms with Crippen molar-refractivity contribution in [3.05, 3.63) is 48.3 Å². The Hall–Kier alpha value is -3.02. The molecule has 2 aliphatic rings. The monoisotopic (exact) mass is 390 g/mol. The van der Waals surface area contributed by atoms with Crippen LogP contribution in [-0.4, -0.2) is 50.4 Å². The highest BCUT2D eigenvalue weighted by molar-refractivity contribution is 5.95. The van der Waals surface area contributed by atoms with Crippen LogP contribution in [0.4, 0.5) is 11.5 Å². The average molecular weight is 390 g/mol. The summed E-state index contributed by atoms with van der Waals surface area (Å²) in [6.45, 7) is 3.62. The topological polar surface area (TPSA) is 50.7 Å². The quantitative estimate of drug-likeness (QED) is 0.660. The van der Waals surface area contributed by atoms with E-state index in [9.17, 15) is 0 Å². The molecule has 0 spiro atoms. The lowest BCUT2D eigenvalue weighted by Crippen LogP contribution is -2.47. The normalized spacial score (nSPS) is 16.9. The first-order valence-electron chi connectivity index (χ1n) is 10.3. The SMILES string of the molecule is COc1ccccc1N1CCN(c2nc(C3CC3)nc3cccc(OC)c23)CC1. The second kappa shape index (κ2) is 7.43. The summed E-state index contributed by atoms with van der Waals surface area (Å²) in [5.74, 6) is 4.26. The fraction of sp³-hybridized carbons (Fsp3) is 0.391. The van der Waals surface area contributed by atoms with Crippen molar-refractivity contribution < 1.29 is 9.47 Å². The molecule has 29 heavy (non-hydrogen) atoms. The Morgan fingerprint density at radius 1 is 0.793 bits per heavy atom. The van der Waals surface area contributed by atoms with Gasteiger partial charge in [-0.1, -0.05) is 18.2 Å². The van der Waals surface area contributed by atoms with Gasteiger partial charge >= 0.3 is 0 Å². The summed E-state index contributed by atoms with van der Waals surface area (Å²) in [6.07, 6.45) is 2.38. The number of piperazine rings is 1. The van der Waals surface area contributed by atoms with E-state index < -0.39 is 0 Å². The van der Waals surface area contributed by atoms with E-state index in [1.165, 1.54) is 12.8 Å². The van der Waals surface area contributed by atoms with Crippen molar-refractivity contribution in [3.8, 4) is 11.5 Å². The number of aromatic nitrogens is 2. The molecule has 0 bridgehead atoms. The Kier molecular flexibility index (Phi) is 4.62. The van der Waals surface area contributed by atoms with Gasteiger partial charge in [0.1, 0.15) is 23.1 Å². The van der Waals surface area contributed by atoms with Crippen molar-refractivity contribution in [2.75, 3.05) is 50.2 Å². The van der Waals surface area contributed by atoms with Gasteiger partial charge in [0.05, 0.1) is 30.8 Å². The number of para-hydroxylation sites is 2. The smallest absolute Gasteiger partial charge is 0.144 e. The number of nitrogens with zero attached hydrogens (tertiary/aromatic N) is 4. The molecule has 2 fully saturated rings. The molecule has 0 amide bonds. The van der Waals surface area contributed by atoms with Crippen molar-refractivity contribution >= 4 is 22.4 Å². The number of hydrogen-bond donors (Lipinski definition) is 0. The first kappa shape index (κ1) is 18.0. The van der Waals surface area contributed by atoms with Crippen LogP contribution in [-0.2, 0) is 0 Å². The minimum absolute atomic E-state index is 0.513. The molecular weight excluding hydrogens is 364 g/mol. The molecule has 0 N–H and O–H groups in total. The van der Waals surface area contributed by atoms with E-state index >= 15 is 0 Å². The fourth-order valence-electron chi connectivity index (χ4n) is 4.12. The predicted molar refractivity (Wildman–Crippen MR) is 115 cm³/mol. The molecule has 3 aromatic rings. The molecule has 6 nitrogen and oxygen atoms in total. The van der Waals surface area contributed by atoms with Gasteiger partial charge < -0.3 is 19.3 Å². The molecule has 0 unspecified atom stereocenters. The van der Waals surface area contributed by atoms with Gasteiger partial charge in [-0.15, -0.1) is 0 Å². The second-order valence-corrected chi connectivity index (χ2v) is 7.68. The lowest BCUT2D eigenvalue weighted by atomic mass is 10.1. The van der Waals surface area contributed by atoms with Gasteiger partial charge in [-0.25, -0.2) is 9.97 Å². The maximum absolute atomic E-state index is 5.66. The molecular formula is C23H26N4O2. The zero-order valence-corrected chi connectivity index (χ0v) is 17.0. The molecule has 5 rings (SSSR count).